The average Bonchev–Trinajstić information content (AvgIpc) is 3.12. The fourth-order valence-corrected chi connectivity index (χ4v) is 2.67. The number of hydrogen-bond acceptors (Lipinski definition) is 6. The first-order chi connectivity index (χ1) is 14.5. The zero-order valence-corrected chi connectivity index (χ0v) is 16.5. The van der Waals surface area contributed by atoms with Crippen molar-refractivity contribution in [2.75, 3.05) is 43.2 Å². The molecule has 10 nitrogen and oxygen atoms in total. The SMILES string of the molecule is CN(C)CCn1ccc(NC(=O)C(=O)Nc2cc(C(F)(F)F)cc3c2OCC(=O)N3)n1. The third kappa shape index (κ3) is 5.51. The van der Waals surface area contributed by atoms with E-state index in [0.717, 1.165) is 0 Å². The molecule has 166 valence electrons. The second-order valence-electron chi connectivity index (χ2n) is 6.91. The monoisotopic (exact) mass is 440 g/mol. The third-order valence-electron chi connectivity index (χ3n) is 4.15. The van der Waals surface area contributed by atoms with Crippen molar-refractivity contribution in [3.8, 4) is 5.75 Å². The Morgan fingerprint density at radius 3 is 2.65 bits per heavy atom. The van der Waals surface area contributed by atoms with Gasteiger partial charge in [0.1, 0.15) is 0 Å². The Bertz CT molecular complexity index is 1020. The van der Waals surface area contributed by atoms with E-state index in [-0.39, 0.29) is 17.3 Å². The molecular weight excluding hydrogens is 421 g/mol. The largest absolute Gasteiger partial charge is 0.479 e. The van der Waals surface area contributed by atoms with Crippen LogP contribution in [-0.2, 0) is 27.1 Å². The summed E-state index contributed by atoms with van der Waals surface area (Å²) in [6.45, 7) is 0.805. The molecule has 3 rings (SSSR count). The first-order valence-electron chi connectivity index (χ1n) is 9.01. The van der Waals surface area contributed by atoms with Crippen molar-refractivity contribution in [1.82, 2.24) is 14.7 Å². The molecule has 13 heteroatoms. The van der Waals surface area contributed by atoms with Gasteiger partial charge in [-0.25, -0.2) is 0 Å². The molecule has 0 radical (unpaired) electrons. The highest BCUT2D eigenvalue weighted by Gasteiger charge is 2.34. The van der Waals surface area contributed by atoms with Crippen LogP contribution in [0.1, 0.15) is 5.56 Å². The highest BCUT2D eigenvalue weighted by atomic mass is 19.4. The molecule has 0 fully saturated rings. The molecule has 0 bridgehead atoms. The lowest BCUT2D eigenvalue weighted by Gasteiger charge is -2.22. The van der Waals surface area contributed by atoms with Gasteiger partial charge in [-0.3, -0.25) is 19.1 Å². The van der Waals surface area contributed by atoms with Crippen molar-refractivity contribution in [2.45, 2.75) is 12.7 Å². The number of carbonyl (C=O) groups is 3. The van der Waals surface area contributed by atoms with E-state index >= 15 is 0 Å². The lowest BCUT2D eigenvalue weighted by molar-refractivity contribution is -0.137. The molecule has 0 unspecified atom stereocenters. The Morgan fingerprint density at radius 1 is 1.26 bits per heavy atom. The number of amides is 3. The van der Waals surface area contributed by atoms with Gasteiger partial charge in [-0.2, -0.15) is 18.3 Å². The van der Waals surface area contributed by atoms with Crippen LogP contribution in [0.15, 0.2) is 24.4 Å². The van der Waals surface area contributed by atoms with E-state index in [4.69, 9.17) is 4.74 Å². The van der Waals surface area contributed by atoms with Crippen molar-refractivity contribution in [2.24, 2.45) is 0 Å². The number of halogens is 3. The second kappa shape index (κ2) is 8.63. The van der Waals surface area contributed by atoms with Gasteiger partial charge in [0.2, 0.25) is 0 Å². The number of nitrogens with one attached hydrogen (secondary N) is 3. The number of fused-ring (bicyclic) bond motifs is 1. The van der Waals surface area contributed by atoms with Crippen molar-refractivity contribution in [3.05, 3.63) is 30.0 Å². The molecule has 3 amide bonds. The fourth-order valence-electron chi connectivity index (χ4n) is 2.67. The molecule has 0 aliphatic carbocycles. The second-order valence-corrected chi connectivity index (χ2v) is 6.91. The summed E-state index contributed by atoms with van der Waals surface area (Å²) in [5, 5.41) is 10.7. The Labute approximate surface area is 174 Å². The predicted octanol–water partition coefficient (Wildman–Crippen LogP) is 1.37. The lowest BCUT2D eigenvalue weighted by atomic mass is 10.1. The number of ether oxygens (including phenoxy) is 1. The Hall–Kier alpha value is -3.61. The minimum Gasteiger partial charge on any atom is -0.479 e. The number of nitrogens with zero attached hydrogens (tertiary/aromatic N) is 3. The topological polar surface area (TPSA) is 118 Å². The van der Waals surface area contributed by atoms with Crippen molar-refractivity contribution in [3.63, 3.8) is 0 Å². The molecular formula is C18H19F3N6O4. The Balaban J connectivity index is 1.74. The van der Waals surface area contributed by atoms with Crippen LogP contribution < -0.4 is 20.7 Å². The smallest absolute Gasteiger partial charge is 0.416 e. The minimum absolute atomic E-state index is 0.105. The molecule has 2 aromatic rings. The summed E-state index contributed by atoms with van der Waals surface area (Å²) in [5.41, 5.74) is -1.80. The van der Waals surface area contributed by atoms with E-state index in [1.54, 1.807) is 10.9 Å². The molecule has 1 aromatic carbocycles. The van der Waals surface area contributed by atoms with Crippen molar-refractivity contribution >= 4 is 34.9 Å². The highest BCUT2D eigenvalue weighted by Crippen LogP contribution is 2.41. The highest BCUT2D eigenvalue weighted by molar-refractivity contribution is 6.43. The average molecular weight is 440 g/mol. The fraction of sp³-hybridized carbons (Fsp3) is 0.333. The summed E-state index contributed by atoms with van der Waals surface area (Å²) in [7, 11) is 3.77. The summed E-state index contributed by atoms with van der Waals surface area (Å²) >= 11 is 0. The van der Waals surface area contributed by atoms with Gasteiger partial charge in [-0.1, -0.05) is 0 Å². The number of likely N-dealkylation sites (N-methyl/N-ethyl adjacent to an activating group) is 1. The number of hydrogen-bond donors (Lipinski definition) is 3. The molecule has 1 aliphatic rings. The van der Waals surface area contributed by atoms with E-state index in [1.165, 1.54) is 6.07 Å². The Morgan fingerprint density at radius 2 is 1.97 bits per heavy atom. The standard InChI is InChI=1S/C18H19F3N6O4/c1-26(2)5-6-27-4-3-13(25-27)24-17(30)16(29)23-12-8-10(18(19,20)21)7-11-15(12)31-9-14(28)22-11/h3-4,7-8H,5-6,9H2,1-2H3,(H,22,28)(H,23,29)(H,24,25,30). The summed E-state index contributed by atoms with van der Waals surface area (Å²) < 4.78 is 46.2. The first kappa shape index (κ1) is 22.1. The molecule has 31 heavy (non-hydrogen) atoms. The maximum atomic E-state index is 13.2. The first-order valence-corrected chi connectivity index (χ1v) is 9.01. The minimum atomic E-state index is -4.75. The van der Waals surface area contributed by atoms with Gasteiger partial charge in [0.05, 0.1) is 23.5 Å². The van der Waals surface area contributed by atoms with E-state index in [2.05, 4.69) is 21.0 Å². The zero-order valence-electron chi connectivity index (χ0n) is 16.5. The van der Waals surface area contributed by atoms with Gasteiger partial charge in [-0.15, -0.1) is 0 Å². The number of benzene rings is 1. The van der Waals surface area contributed by atoms with Crippen LogP contribution in [0.25, 0.3) is 0 Å². The molecule has 0 saturated carbocycles. The van der Waals surface area contributed by atoms with Crippen molar-refractivity contribution < 1.29 is 32.3 Å². The van der Waals surface area contributed by atoms with Gasteiger partial charge >= 0.3 is 18.0 Å². The molecule has 2 heterocycles. The third-order valence-corrected chi connectivity index (χ3v) is 4.15. The van der Waals surface area contributed by atoms with Gasteiger partial charge in [-0.05, 0) is 26.2 Å². The molecule has 0 spiro atoms. The summed E-state index contributed by atoms with van der Waals surface area (Å²) in [6, 6.07) is 2.78. The number of carbonyl (C=O) groups excluding carboxylic acids is 3. The molecule has 0 saturated heterocycles. The normalized spacial score (nSPS) is 13.3. The van der Waals surface area contributed by atoms with Crippen molar-refractivity contribution in [1.29, 1.82) is 0 Å². The number of anilines is 3. The number of rotatable bonds is 5. The van der Waals surface area contributed by atoms with Crippen LogP contribution in [0.2, 0.25) is 0 Å². The van der Waals surface area contributed by atoms with E-state index < -0.39 is 41.8 Å². The van der Waals surface area contributed by atoms with Crippen LogP contribution in [0, 0.1) is 0 Å². The van der Waals surface area contributed by atoms with Crippen LogP contribution in [0.4, 0.5) is 30.4 Å². The molecule has 1 aliphatic heterocycles. The maximum absolute atomic E-state index is 13.2. The Kier molecular flexibility index (Phi) is 6.15. The van der Waals surface area contributed by atoms with Crippen LogP contribution in [-0.4, -0.2) is 59.6 Å². The van der Waals surface area contributed by atoms with Crippen LogP contribution in [0.3, 0.4) is 0 Å². The van der Waals surface area contributed by atoms with Crippen LogP contribution in [0.5, 0.6) is 5.75 Å². The van der Waals surface area contributed by atoms with Gasteiger partial charge < -0.3 is 25.6 Å². The molecule has 3 N–H and O–H groups in total. The zero-order chi connectivity index (χ0) is 22.8. The number of aromatic nitrogens is 2. The molecule has 0 atom stereocenters. The lowest BCUT2D eigenvalue weighted by Crippen LogP contribution is -2.31. The van der Waals surface area contributed by atoms with E-state index in [0.29, 0.717) is 25.2 Å². The summed E-state index contributed by atoms with van der Waals surface area (Å²) in [4.78, 5) is 37.8. The maximum Gasteiger partial charge on any atom is 0.416 e. The van der Waals surface area contributed by atoms with Gasteiger partial charge in [0.25, 0.3) is 5.91 Å². The number of alkyl halides is 3. The van der Waals surface area contributed by atoms with Crippen LogP contribution >= 0.6 is 0 Å². The predicted molar refractivity (Wildman–Crippen MR) is 104 cm³/mol. The van der Waals surface area contributed by atoms with E-state index in [9.17, 15) is 27.6 Å². The quantitative estimate of drug-likeness (QED) is 0.605. The van der Waals surface area contributed by atoms with Gasteiger partial charge in [0, 0.05) is 18.8 Å². The van der Waals surface area contributed by atoms with E-state index in [1.807, 2.05) is 19.0 Å². The van der Waals surface area contributed by atoms with Gasteiger partial charge in [0.15, 0.2) is 18.2 Å². The summed E-state index contributed by atoms with van der Waals surface area (Å²) in [6.07, 6.45) is -3.14. The summed E-state index contributed by atoms with van der Waals surface area (Å²) in [5.74, 6) is -3.09. The molecule has 1 aromatic heterocycles.